The molecule has 0 bridgehead atoms. The summed E-state index contributed by atoms with van der Waals surface area (Å²) in [5.74, 6) is -0.137. The van der Waals surface area contributed by atoms with Gasteiger partial charge in [-0.2, -0.15) is 0 Å². The molecule has 1 saturated heterocycles. The van der Waals surface area contributed by atoms with Gasteiger partial charge in [0.05, 0.1) is 24.2 Å². The summed E-state index contributed by atoms with van der Waals surface area (Å²) >= 11 is 0. The standard InChI is InChI=1S/C18H26N4O3/c1-3-21-15-6-4-5-7-16(15)22(18(21)24)13-17(23)19-14(2)12-20-8-10-25-11-9-20/h4-7,14H,3,8-13H2,1-2H3,(H,19,23). The van der Waals surface area contributed by atoms with E-state index in [2.05, 4.69) is 10.2 Å². The number of para-hydroxylation sites is 2. The number of hydrogen-bond donors (Lipinski definition) is 1. The largest absolute Gasteiger partial charge is 0.379 e. The molecule has 0 aliphatic carbocycles. The third kappa shape index (κ3) is 3.93. The highest BCUT2D eigenvalue weighted by Crippen LogP contribution is 2.12. The third-order valence-corrected chi connectivity index (χ3v) is 4.59. The van der Waals surface area contributed by atoms with Gasteiger partial charge in [0.1, 0.15) is 6.54 Å². The topological polar surface area (TPSA) is 68.5 Å². The van der Waals surface area contributed by atoms with E-state index in [-0.39, 0.29) is 24.2 Å². The summed E-state index contributed by atoms with van der Waals surface area (Å²) in [6.45, 7) is 8.61. The van der Waals surface area contributed by atoms with E-state index in [4.69, 9.17) is 4.74 Å². The van der Waals surface area contributed by atoms with E-state index in [0.717, 1.165) is 43.9 Å². The zero-order chi connectivity index (χ0) is 17.8. The molecule has 1 aliphatic heterocycles. The summed E-state index contributed by atoms with van der Waals surface area (Å²) in [4.78, 5) is 27.3. The minimum absolute atomic E-state index is 0.0285. The Labute approximate surface area is 147 Å². The van der Waals surface area contributed by atoms with Gasteiger partial charge in [0.25, 0.3) is 0 Å². The van der Waals surface area contributed by atoms with Crippen molar-refractivity contribution >= 4 is 16.9 Å². The molecule has 25 heavy (non-hydrogen) atoms. The molecule has 1 unspecified atom stereocenters. The van der Waals surface area contributed by atoms with Gasteiger partial charge in [-0.25, -0.2) is 4.79 Å². The maximum Gasteiger partial charge on any atom is 0.329 e. The number of morpholine rings is 1. The Balaban J connectivity index is 1.67. The maximum atomic E-state index is 12.6. The van der Waals surface area contributed by atoms with E-state index in [1.807, 2.05) is 38.1 Å². The molecular formula is C18H26N4O3. The molecular weight excluding hydrogens is 320 g/mol. The number of aryl methyl sites for hydroxylation is 1. The molecule has 136 valence electrons. The summed E-state index contributed by atoms with van der Waals surface area (Å²) < 4.78 is 8.58. The highest BCUT2D eigenvalue weighted by Gasteiger charge is 2.18. The van der Waals surface area contributed by atoms with Crippen LogP contribution in [0.15, 0.2) is 29.1 Å². The number of benzene rings is 1. The molecule has 3 rings (SSSR count). The molecule has 2 aromatic rings. The lowest BCUT2D eigenvalue weighted by molar-refractivity contribution is -0.122. The van der Waals surface area contributed by atoms with Crippen molar-refractivity contribution in [2.75, 3.05) is 32.8 Å². The van der Waals surface area contributed by atoms with Gasteiger partial charge in [0.15, 0.2) is 0 Å². The Kier molecular flexibility index (Phi) is 5.55. The number of carbonyl (C=O) groups excluding carboxylic acids is 1. The molecule has 0 saturated carbocycles. The lowest BCUT2D eigenvalue weighted by Gasteiger charge is -2.29. The first-order valence-corrected chi connectivity index (χ1v) is 8.87. The first kappa shape index (κ1) is 17.7. The van der Waals surface area contributed by atoms with Gasteiger partial charge in [-0.15, -0.1) is 0 Å². The number of fused-ring (bicyclic) bond motifs is 1. The average molecular weight is 346 g/mol. The molecule has 2 heterocycles. The van der Waals surface area contributed by atoms with Crippen molar-refractivity contribution in [1.82, 2.24) is 19.4 Å². The van der Waals surface area contributed by atoms with Crippen molar-refractivity contribution in [1.29, 1.82) is 0 Å². The third-order valence-electron chi connectivity index (χ3n) is 4.59. The summed E-state index contributed by atoms with van der Waals surface area (Å²) in [5.41, 5.74) is 1.52. The number of hydrogen-bond acceptors (Lipinski definition) is 4. The lowest BCUT2D eigenvalue weighted by atomic mass is 10.2. The fraction of sp³-hybridized carbons (Fsp3) is 0.556. The molecule has 0 radical (unpaired) electrons. The smallest absolute Gasteiger partial charge is 0.329 e. The number of nitrogens with one attached hydrogen (secondary N) is 1. The van der Waals surface area contributed by atoms with Crippen LogP contribution < -0.4 is 11.0 Å². The van der Waals surface area contributed by atoms with Crippen LogP contribution in [0.5, 0.6) is 0 Å². The van der Waals surface area contributed by atoms with Gasteiger partial charge in [-0.05, 0) is 26.0 Å². The summed E-state index contributed by atoms with van der Waals surface area (Å²) in [7, 11) is 0. The highest BCUT2D eigenvalue weighted by molar-refractivity contribution is 5.81. The number of carbonyl (C=O) groups is 1. The minimum Gasteiger partial charge on any atom is -0.379 e. The zero-order valence-corrected chi connectivity index (χ0v) is 14.9. The van der Waals surface area contributed by atoms with E-state index in [0.29, 0.717) is 6.54 Å². The Hall–Kier alpha value is -2.12. The van der Waals surface area contributed by atoms with Crippen molar-refractivity contribution in [2.24, 2.45) is 0 Å². The van der Waals surface area contributed by atoms with Gasteiger partial charge < -0.3 is 10.1 Å². The van der Waals surface area contributed by atoms with Crippen molar-refractivity contribution in [3.05, 3.63) is 34.7 Å². The van der Waals surface area contributed by atoms with E-state index < -0.39 is 0 Å². The second-order valence-corrected chi connectivity index (χ2v) is 6.48. The first-order chi connectivity index (χ1) is 12.1. The number of aromatic nitrogens is 2. The quantitative estimate of drug-likeness (QED) is 0.834. The molecule has 1 aromatic carbocycles. The van der Waals surface area contributed by atoms with Crippen LogP contribution in [-0.2, 0) is 22.6 Å². The van der Waals surface area contributed by atoms with Crippen LogP contribution in [0.1, 0.15) is 13.8 Å². The predicted octanol–water partition coefficient (Wildman–Crippen LogP) is 0.660. The number of nitrogens with zero attached hydrogens (tertiary/aromatic N) is 3. The molecule has 1 aromatic heterocycles. The van der Waals surface area contributed by atoms with Gasteiger partial charge in [0, 0.05) is 32.2 Å². The predicted molar refractivity (Wildman–Crippen MR) is 96.7 cm³/mol. The van der Waals surface area contributed by atoms with Gasteiger partial charge in [-0.1, -0.05) is 12.1 Å². The molecule has 1 N–H and O–H groups in total. The first-order valence-electron chi connectivity index (χ1n) is 8.87. The van der Waals surface area contributed by atoms with Gasteiger partial charge in [-0.3, -0.25) is 18.8 Å². The molecule has 1 amide bonds. The van der Waals surface area contributed by atoms with Crippen molar-refractivity contribution in [3.63, 3.8) is 0 Å². The summed E-state index contributed by atoms with van der Waals surface area (Å²) in [6.07, 6.45) is 0. The number of rotatable bonds is 6. The van der Waals surface area contributed by atoms with E-state index in [1.54, 1.807) is 9.13 Å². The molecule has 1 fully saturated rings. The Morgan fingerprint density at radius 3 is 2.48 bits per heavy atom. The second kappa shape index (κ2) is 7.84. The minimum atomic E-state index is -0.139. The van der Waals surface area contributed by atoms with Crippen LogP contribution in [0, 0.1) is 0 Å². The number of ether oxygens (including phenoxy) is 1. The second-order valence-electron chi connectivity index (χ2n) is 6.48. The van der Waals surface area contributed by atoms with Gasteiger partial charge in [0.2, 0.25) is 5.91 Å². The van der Waals surface area contributed by atoms with E-state index >= 15 is 0 Å². The fourth-order valence-corrected chi connectivity index (χ4v) is 3.41. The Bertz CT molecular complexity index is 789. The lowest BCUT2D eigenvalue weighted by Crippen LogP contribution is -2.47. The normalized spacial score (nSPS) is 16.9. The summed E-state index contributed by atoms with van der Waals surface area (Å²) in [5, 5.41) is 3.00. The molecule has 7 heteroatoms. The van der Waals surface area contributed by atoms with Crippen LogP contribution in [0.4, 0.5) is 0 Å². The fourth-order valence-electron chi connectivity index (χ4n) is 3.41. The highest BCUT2D eigenvalue weighted by atomic mass is 16.5. The monoisotopic (exact) mass is 346 g/mol. The van der Waals surface area contributed by atoms with Crippen LogP contribution in [0.3, 0.4) is 0 Å². The van der Waals surface area contributed by atoms with E-state index in [1.165, 1.54) is 0 Å². The van der Waals surface area contributed by atoms with Crippen molar-refractivity contribution < 1.29 is 9.53 Å². The van der Waals surface area contributed by atoms with Crippen LogP contribution in [0.25, 0.3) is 11.0 Å². The van der Waals surface area contributed by atoms with Crippen LogP contribution in [0.2, 0.25) is 0 Å². The SMILES string of the molecule is CCn1c(=O)n(CC(=O)NC(C)CN2CCOCC2)c2ccccc21. The molecule has 1 aliphatic rings. The van der Waals surface area contributed by atoms with Crippen LogP contribution in [-0.4, -0.2) is 58.8 Å². The molecule has 0 spiro atoms. The number of amides is 1. The molecule has 7 nitrogen and oxygen atoms in total. The average Bonchev–Trinajstić information content (AvgIpc) is 2.87. The van der Waals surface area contributed by atoms with Crippen LogP contribution >= 0.6 is 0 Å². The van der Waals surface area contributed by atoms with Crippen molar-refractivity contribution in [2.45, 2.75) is 33.0 Å². The zero-order valence-electron chi connectivity index (χ0n) is 14.9. The van der Waals surface area contributed by atoms with Crippen molar-refractivity contribution in [3.8, 4) is 0 Å². The summed E-state index contributed by atoms with van der Waals surface area (Å²) in [6, 6.07) is 7.61. The number of imidazole rings is 1. The Morgan fingerprint density at radius 1 is 1.20 bits per heavy atom. The Morgan fingerprint density at radius 2 is 1.84 bits per heavy atom. The molecule has 1 atom stereocenters. The van der Waals surface area contributed by atoms with Gasteiger partial charge >= 0.3 is 5.69 Å². The van der Waals surface area contributed by atoms with E-state index in [9.17, 15) is 9.59 Å². The maximum absolute atomic E-state index is 12.6.